The second kappa shape index (κ2) is 8.94. The summed E-state index contributed by atoms with van der Waals surface area (Å²) in [4.78, 5) is 0. The van der Waals surface area contributed by atoms with Crippen LogP contribution in [-0.2, 0) is 0 Å². The summed E-state index contributed by atoms with van der Waals surface area (Å²) in [5, 5.41) is 20.9. The van der Waals surface area contributed by atoms with Crippen molar-refractivity contribution in [3.63, 3.8) is 0 Å². The highest BCUT2D eigenvalue weighted by atomic mass is 16.3. The molecule has 3 saturated carbocycles. The molecule has 0 aromatic rings. The molecule has 31 heavy (non-hydrogen) atoms. The van der Waals surface area contributed by atoms with Crippen LogP contribution in [0, 0.1) is 46.3 Å². The van der Waals surface area contributed by atoms with Crippen molar-refractivity contribution in [3.8, 4) is 0 Å². The van der Waals surface area contributed by atoms with Gasteiger partial charge in [0.25, 0.3) is 0 Å². The predicted molar refractivity (Wildman–Crippen MR) is 132 cm³/mol. The number of fused-ring (bicyclic) bond motifs is 3. The molecule has 3 rings (SSSR count). The lowest BCUT2D eigenvalue weighted by Crippen LogP contribution is -2.56. The van der Waals surface area contributed by atoms with Crippen LogP contribution in [0.25, 0.3) is 0 Å². The SMILES string of the molecule is CC[C@H]1[C@@H]2CC[C@@H]3C[C@@](C)(O)CC[C@]3(C)[C@H]2CC[C@]1(C)[C@H](C)[C@H](C)CCCC(C)(C)O. The van der Waals surface area contributed by atoms with E-state index in [1.165, 1.54) is 44.9 Å². The minimum absolute atomic E-state index is 0.433. The van der Waals surface area contributed by atoms with Crippen LogP contribution in [-0.4, -0.2) is 21.4 Å². The first-order chi connectivity index (χ1) is 14.2. The lowest BCUT2D eigenvalue weighted by Gasteiger charge is -2.63. The topological polar surface area (TPSA) is 40.5 Å². The predicted octanol–water partition coefficient (Wildman–Crippen LogP) is 7.61. The van der Waals surface area contributed by atoms with Gasteiger partial charge in [-0.3, -0.25) is 0 Å². The lowest BCUT2D eigenvalue weighted by atomic mass is 9.42. The zero-order valence-corrected chi connectivity index (χ0v) is 22.1. The van der Waals surface area contributed by atoms with Crippen molar-refractivity contribution in [1.82, 2.24) is 0 Å². The third kappa shape index (κ3) is 5.06. The lowest BCUT2D eigenvalue weighted by molar-refractivity contribution is -0.158. The minimum Gasteiger partial charge on any atom is -0.390 e. The van der Waals surface area contributed by atoms with Gasteiger partial charge in [0.15, 0.2) is 0 Å². The van der Waals surface area contributed by atoms with Gasteiger partial charge in [0.2, 0.25) is 0 Å². The number of hydrogen-bond acceptors (Lipinski definition) is 2. The van der Waals surface area contributed by atoms with E-state index in [1.807, 2.05) is 13.8 Å². The highest BCUT2D eigenvalue weighted by molar-refractivity contribution is 5.08. The van der Waals surface area contributed by atoms with E-state index in [0.717, 1.165) is 61.2 Å². The Balaban J connectivity index is 1.73. The second-order valence-electron chi connectivity index (χ2n) is 13.8. The van der Waals surface area contributed by atoms with Gasteiger partial charge in [-0.25, -0.2) is 0 Å². The van der Waals surface area contributed by atoms with Gasteiger partial charge in [0, 0.05) is 0 Å². The largest absolute Gasteiger partial charge is 0.390 e. The minimum atomic E-state index is -0.532. The first-order valence-corrected chi connectivity index (χ1v) is 13.7. The van der Waals surface area contributed by atoms with Gasteiger partial charge >= 0.3 is 0 Å². The molecule has 0 unspecified atom stereocenters. The monoisotopic (exact) mass is 434 g/mol. The molecule has 0 saturated heterocycles. The molecule has 3 aliphatic carbocycles. The molecule has 9 atom stereocenters. The van der Waals surface area contributed by atoms with Crippen LogP contribution < -0.4 is 0 Å². The van der Waals surface area contributed by atoms with Gasteiger partial charge < -0.3 is 10.2 Å². The van der Waals surface area contributed by atoms with Crippen molar-refractivity contribution in [2.75, 3.05) is 0 Å². The Hall–Kier alpha value is -0.0800. The molecule has 0 radical (unpaired) electrons. The Morgan fingerprint density at radius 3 is 2.29 bits per heavy atom. The smallest absolute Gasteiger partial charge is 0.0622 e. The third-order valence-corrected chi connectivity index (χ3v) is 11.2. The molecule has 0 amide bonds. The van der Waals surface area contributed by atoms with Crippen molar-refractivity contribution < 1.29 is 10.2 Å². The summed E-state index contributed by atoms with van der Waals surface area (Å²) in [6, 6.07) is 0. The summed E-state index contributed by atoms with van der Waals surface area (Å²) in [6.45, 7) is 18.7. The molecule has 182 valence electrons. The Kier molecular flexibility index (Phi) is 7.36. The van der Waals surface area contributed by atoms with Crippen LogP contribution >= 0.6 is 0 Å². The van der Waals surface area contributed by atoms with Crippen LogP contribution in [0.5, 0.6) is 0 Å². The molecular weight excluding hydrogens is 380 g/mol. The van der Waals surface area contributed by atoms with Crippen molar-refractivity contribution in [2.45, 2.75) is 137 Å². The maximum atomic E-state index is 10.7. The normalized spacial score (nSPS) is 45.5. The zero-order valence-electron chi connectivity index (χ0n) is 22.1. The summed E-state index contributed by atoms with van der Waals surface area (Å²) in [6.07, 6.45) is 13.3. The van der Waals surface area contributed by atoms with Crippen molar-refractivity contribution in [1.29, 1.82) is 0 Å². The van der Waals surface area contributed by atoms with Gasteiger partial charge in [-0.2, -0.15) is 0 Å². The molecule has 3 fully saturated rings. The average molecular weight is 435 g/mol. The molecule has 0 heterocycles. The van der Waals surface area contributed by atoms with E-state index < -0.39 is 11.2 Å². The first-order valence-electron chi connectivity index (χ1n) is 13.7. The van der Waals surface area contributed by atoms with E-state index in [4.69, 9.17) is 0 Å². The standard InChI is InChI=1S/C29H54O2/c1-9-24-23-13-12-22-19-27(6,31)17-18-29(22,8)25(23)14-16-28(24,7)21(3)20(2)11-10-15-26(4,5)30/h20-25,30-31H,9-19H2,1-8H3/t20-,21-,22-,23+,24+,25+,27+,28-,29+/m1/s1. The molecule has 0 aromatic carbocycles. The van der Waals surface area contributed by atoms with E-state index in [0.29, 0.717) is 10.8 Å². The number of hydrogen-bond donors (Lipinski definition) is 2. The Morgan fingerprint density at radius 1 is 1.00 bits per heavy atom. The molecule has 0 bridgehead atoms. The summed E-state index contributed by atoms with van der Waals surface area (Å²) >= 11 is 0. The fraction of sp³-hybridized carbons (Fsp3) is 1.00. The molecule has 0 aliphatic heterocycles. The Bertz CT molecular complexity index is 604. The first kappa shape index (κ1) is 25.5. The van der Waals surface area contributed by atoms with E-state index in [2.05, 4.69) is 41.5 Å². The van der Waals surface area contributed by atoms with E-state index in [9.17, 15) is 10.2 Å². The molecule has 0 aromatic heterocycles. The third-order valence-electron chi connectivity index (χ3n) is 11.2. The molecule has 2 N–H and O–H groups in total. The molecule has 2 nitrogen and oxygen atoms in total. The van der Waals surface area contributed by atoms with E-state index in [-0.39, 0.29) is 0 Å². The maximum Gasteiger partial charge on any atom is 0.0622 e. The van der Waals surface area contributed by atoms with Gasteiger partial charge in [-0.15, -0.1) is 0 Å². The summed E-state index contributed by atoms with van der Waals surface area (Å²) in [5.41, 5.74) is -0.0814. The highest BCUT2D eigenvalue weighted by Gasteiger charge is 2.58. The fourth-order valence-corrected chi connectivity index (χ4v) is 8.87. The number of aliphatic hydroxyl groups is 2. The molecule has 3 aliphatic rings. The van der Waals surface area contributed by atoms with E-state index >= 15 is 0 Å². The molecule has 0 spiro atoms. The summed E-state index contributed by atoms with van der Waals surface area (Å²) in [7, 11) is 0. The Labute approximate surface area is 194 Å². The van der Waals surface area contributed by atoms with Crippen molar-refractivity contribution in [3.05, 3.63) is 0 Å². The molecular formula is C29H54O2. The van der Waals surface area contributed by atoms with Crippen LogP contribution in [0.4, 0.5) is 0 Å². The quantitative estimate of drug-likeness (QED) is 0.433. The van der Waals surface area contributed by atoms with Gasteiger partial charge in [0.05, 0.1) is 11.2 Å². The number of rotatable bonds is 7. The second-order valence-corrected chi connectivity index (χ2v) is 13.8. The van der Waals surface area contributed by atoms with Gasteiger partial charge in [-0.1, -0.05) is 53.9 Å². The average Bonchev–Trinajstić information content (AvgIpc) is 2.66. The summed E-state index contributed by atoms with van der Waals surface area (Å²) in [5.74, 6) is 4.74. The summed E-state index contributed by atoms with van der Waals surface area (Å²) < 4.78 is 0. The van der Waals surface area contributed by atoms with Crippen LogP contribution in [0.1, 0.15) is 126 Å². The maximum absolute atomic E-state index is 10.7. The van der Waals surface area contributed by atoms with Crippen LogP contribution in [0.3, 0.4) is 0 Å². The van der Waals surface area contributed by atoms with Gasteiger partial charge in [0.1, 0.15) is 0 Å². The fourth-order valence-electron chi connectivity index (χ4n) is 8.87. The van der Waals surface area contributed by atoms with Crippen molar-refractivity contribution in [2.24, 2.45) is 46.3 Å². The molecule has 2 heteroatoms. The van der Waals surface area contributed by atoms with Crippen LogP contribution in [0.2, 0.25) is 0 Å². The Morgan fingerprint density at radius 2 is 1.68 bits per heavy atom. The highest BCUT2D eigenvalue weighted by Crippen LogP contribution is 2.66. The van der Waals surface area contributed by atoms with Crippen molar-refractivity contribution >= 4 is 0 Å². The zero-order chi connectivity index (χ0) is 23.2. The van der Waals surface area contributed by atoms with Gasteiger partial charge in [-0.05, 0) is 118 Å². The van der Waals surface area contributed by atoms with E-state index in [1.54, 1.807) is 0 Å². The van der Waals surface area contributed by atoms with Crippen LogP contribution in [0.15, 0.2) is 0 Å².